The Morgan fingerprint density at radius 2 is 2.11 bits per heavy atom. The molecule has 2 rings (SSSR count). The maximum Gasteiger partial charge on any atom is 0.251 e. The Bertz CT molecular complexity index is 882. The largest absolute Gasteiger partial charge is 0.495 e. The summed E-state index contributed by atoms with van der Waals surface area (Å²) in [7, 11) is 1.52. The van der Waals surface area contributed by atoms with Gasteiger partial charge >= 0.3 is 0 Å². The van der Waals surface area contributed by atoms with Crippen LogP contribution >= 0.6 is 11.8 Å². The molecule has 1 aromatic carbocycles. The molecule has 0 aliphatic rings. The third-order valence-electron chi connectivity index (χ3n) is 3.28. The second kappa shape index (κ2) is 10.2. The van der Waals surface area contributed by atoms with Gasteiger partial charge in [0.05, 0.1) is 30.7 Å². The van der Waals surface area contributed by atoms with E-state index in [0.717, 1.165) is 11.8 Å². The van der Waals surface area contributed by atoms with Crippen molar-refractivity contribution >= 4 is 29.3 Å². The zero-order valence-electron chi connectivity index (χ0n) is 14.8. The van der Waals surface area contributed by atoms with E-state index < -0.39 is 0 Å². The summed E-state index contributed by atoms with van der Waals surface area (Å²) in [5, 5.41) is 5.62. The number of carbonyl (C=O) groups is 2. The fourth-order valence-electron chi connectivity index (χ4n) is 2.12. The van der Waals surface area contributed by atoms with Crippen molar-refractivity contribution in [3.8, 4) is 5.75 Å². The normalized spacial score (nSPS) is 10.1. The molecule has 9 heteroatoms. The lowest BCUT2D eigenvalue weighted by atomic mass is 10.3. The van der Waals surface area contributed by atoms with Crippen LogP contribution in [-0.2, 0) is 16.0 Å². The van der Waals surface area contributed by atoms with Gasteiger partial charge in [-0.05, 0) is 12.1 Å². The number of para-hydroxylation sites is 2. The van der Waals surface area contributed by atoms with Crippen molar-refractivity contribution in [3.05, 3.63) is 59.0 Å². The Hall–Kier alpha value is -3.07. The first-order valence-electron chi connectivity index (χ1n) is 8.05. The number of carbonyl (C=O) groups excluding carboxylic acids is 2. The Balaban J connectivity index is 1.96. The minimum absolute atomic E-state index is 0.0290. The van der Waals surface area contributed by atoms with Crippen LogP contribution in [0.5, 0.6) is 5.75 Å². The minimum Gasteiger partial charge on any atom is -0.495 e. The van der Waals surface area contributed by atoms with Crippen LogP contribution in [0.2, 0.25) is 0 Å². The summed E-state index contributed by atoms with van der Waals surface area (Å²) < 4.78 is 5.18. The van der Waals surface area contributed by atoms with Gasteiger partial charge in [-0.25, -0.2) is 4.98 Å². The number of nitrogens with one attached hydrogen (secondary N) is 3. The summed E-state index contributed by atoms with van der Waals surface area (Å²) in [6.45, 7) is 3.86. The van der Waals surface area contributed by atoms with Crippen LogP contribution in [0, 0.1) is 0 Å². The van der Waals surface area contributed by atoms with Gasteiger partial charge in [0.15, 0.2) is 5.16 Å². The minimum atomic E-state index is -0.385. The molecule has 8 nitrogen and oxygen atoms in total. The molecular weight excluding hydrogens is 368 g/mol. The number of nitrogens with zero attached hydrogens (tertiary/aromatic N) is 1. The van der Waals surface area contributed by atoms with Crippen LogP contribution in [0.25, 0.3) is 0 Å². The molecule has 0 saturated carbocycles. The van der Waals surface area contributed by atoms with Crippen molar-refractivity contribution in [2.45, 2.75) is 11.6 Å². The molecule has 2 amide bonds. The van der Waals surface area contributed by atoms with Crippen LogP contribution in [0.3, 0.4) is 0 Å². The van der Waals surface area contributed by atoms with Gasteiger partial charge in [0.25, 0.3) is 5.56 Å². The van der Waals surface area contributed by atoms with Crippen LogP contribution in [-0.4, -0.2) is 41.2 Å². The van der Waals surface area contributed by atoms with Crippen LogP contribution in [0.4, 0.5) is 5.69 Å². The van der Waals surface area contributed by atoms with E-state index in [4.69, 9.17) is 4.74 Å². The van der Waals surface area contributed by atoms with Gasteiger partial charge in [0, 0.05) is 12.6 Å². The number of aromatic amines is 1. The van der Waals surface area contributed by atoms with Crippen molar-refractivity contribution in [2.75, 3.05) is 24.7 Å². The van der Waals surface area contributed by atoms with E-state index in [1.165, 1.54) is 13.2 Å². The predicted octanol–water partition coefficient (Wildman–Crippen LogP) is 1.35. The van der Waals surface area contributed by atoms with Gasteiger partial charge < -0.3 is 20.4 Å². The van der Waals surface area contributed by atoms with E-state index >= 15 is 0 Å². The number of aromatic nitrogens is 2. The SMILES string of the molecule is C=CCNC(=O)Cc1cc(=O)[nH]c(SCC(=O)Nc2ccccc2OC)n1. The topological polar surface area (TPSA) is 113 Å². The standard InChI is InChI=1S/C18H20N4O4S/c1-3-8-19-15(23)9-12-10-16(24)22-18(20-12)27-11-17(25)21-13-6-4-5-7-14(13)26-2/h3-7,10H,1,8-9,11H2,2H3,(H,19,23)(H,21,25)(H,20,22,24). The summed E-state index contributed by atoms with van der Waals surface area (Å²) in [5.74, 6) is 0.0432. The van der Waals surface area contributed by atoms with Gasteiger partial charge in [0.1, 0.15) is 5.75 Å². The quantitative estimate of drug-likeness (QED) is 0.340. The molecular formula is C18H20N4O4S. The van der Waals surface area contributed by atoms with Gasteiger partial charge in [-0.15, -0.1) is 6.58 Å². The molecule has 0 aliphatic heterocycles. The van der Waals surface area contributed by atoms with Gasteiger partial charge in [-0.2, -0.15) is 0 Å². The first-order chi connectivity index (χ1) is 13.0. The summed E-state index contributed by atoms with van der Waals surface area (Å²) in [6, 6.07) is 8.30. The Morgan fingerprint density at radius 3 is 2.85 bits per heavy atom. The van der Waals surface area contributed by atoms with E-state index in [1.807, 2.05) is 0 Å². The zero-order chi connectivity index (χ0) is 19.6. The van der Waals surface area contributed by atoms with Crippen LogP contribution < -0.4 is 20.9 Å². The van der Waals surface area contributed by atoms with Gasteiger partial charge in [-0.3, -0.25) is 14.4 Å². The highest BCUT2D eigenvalue weighted by atomic mass is 32.2. The molecule has 1 heterocycles. The number of methoxy groups -OCH3 is 1. The molecule has 1 aromatic heterocycles. The van der Waals surface area contributed by atoms with Crippen molar-refractivity contribution in [1.82, 2.24) is 15.3 Å². The summed E-state index contributed by atoms with van der Waals surface area (Å²) >= 11 is 1.07. The number of hydrogen-bond acceptors (Lipinski definition) is 6. The number of H-pyrrole nitrogens is 1. The summed E-state index contributed by atoms with van der Waals surface area (Å²) in [4.78, 5) is 42.4. The Morgan fingerprint density at radius 1 is 1.33 bits per heavy atom. The lowest BCUT2D eigenvalue weighted by molar-refractivity contribution is -0.120. The fraction of sp³-hybridized carbons (Fsp3) is 0.222. The first kappa shape index (κ1) is 20.2. The molecule has 27 heavy (non-hydrogen) atoms. The van der Waals surface area contributed by atoms with Crippen LogP contribution in [0.1, 0.15) is 5.69 Å². The molecule has 0 atom stereocenters. The van der Waals surface area contributed by atoms with E-state index in [2.05, 4.69) is 27.2 Å². The number of amides is 2. The number of benzene rings is 1. The lowest BCUT2D eigenvalue weighted by Crippen LogP contribution is -2.26. The molecule has 0 aliphatic carbocycles. The number of hydrogen-bond donors (Lipinski definition) is 3. The summed E-state index contributed by atoms with van der Waals surface area (Å²) in [5.41, 5.74) is 0.497. The zero-order valence-corrected chi connectivity index (χ0v) is 15.6. The van der Waals surface area contributed by atoms with Crippen LogP contribution in [0.15, 0.2) is 52.9 Å². The highest BCUT2D eigenvalue weighted by Crippen LogP contribution is 2.23. The highest BCUT2D eigenvalue weighted by molar-refractivity contribution is 7.99. The third kappa shape index (κ3) is 6.63. The second-order valence-electron chi connectivity index (χ2n) is 5.35. The number of rotatable bonds is 9. The number of ether oxygens (including phenoxy) is 1. The van der Waals surface area contributed by atoms with E-state index in [-0.39, 0.29) is 34.7 Å². The van der Waals surface area contributed by atoms with Gasteiger partial charge in [-0.1, -0.05) is 30.0 Å². The van der Waals surface area contributed by atoms with Crippen molar-refractivity contribution < 1.29 is 14.3 Å². The lowest BCUT2D eigenvalue weighted by Gasteiger charge is -2.09. The average Bonchev–Trinajstić information content (AvgIpc) is 2.64. The summed E-state index contributed by atoms with van der Waals surface area (Å²) in [6.07, 6.45) is 1.53. The molecule has 142 valence electrons. The molecule has 0 fully saturated rings. The monoisotopic (exact) mass is 388 g/mol. The van der Waals surface area contributed by atoms with Crippen molar-refractivity contribution in [2.24, 2.45) is 0 Å². The van der Waals surface area contributed by atoms with E-state index in [9.17, 15) is 14.4 Å². The van der Waals surface area contributed by atoms with E-state index in [1.54, 1.807) is 30.3 Å². The molecule has 3 N–H and O–H groups in total. The smallest absolute Gasteiger partial charge is 0.251 e. The fourth-order valence-corrected chi connectivity index (χ4v) is 2.82. The molecule has 2 aromatic rings. The molecule has 0 radical (unpaired) electrons. The van der Waals surface area contributed by atoms with Crippen molar-refractivity contribution in [3.63, 3.8) is 0 Å². The highest BCUT2D eigenvalue weighted by Gasteiger charge is 2.11. The second-order valence-corrected chi connectivity index (χ2v) is 6.31. The Labute approximate surface area is 160 Å². The Kier molecular flexibility index (Phi) is 7.63. The molecule has 0 spiro atoms. The first-order valence-corrected chi connectivity index (χ1v) is 9.04. The molecule has 0 saturated heterocycles. The maximum atomic E-state index is 12.1. The predicted molar refractivity (Wildman–Crippen MR) is 104 cm³/mol. The molecule has 0 unspecified atom stereocenters. The van der Waals surface area contributed by atoms with Crippen molar-refractivity contribution in [1.29, 1.82) is 0 Å². The third-order valence-corrected chi connectivity index (χ3v) is 4.15. The maximum absolute atomic E-state index is 12.1. The number of anilines is 1. The molecule has 0 bridgehead atoms. The van der Waals surface area contributed by atoms with Gasteiger partial charge in [0.2, 0.25) is 11.8 Å². The van der Waals surface area contributed by atoms with E-state index in [0.29, 0.717) is 23.7 Å². The average molecular weight is 388 g/mol. The number of thioether (sulfide) groups is 1.